The maximum atomic E-state index is 12.7. The van der Waals surface area contributed by atoms with Crippen molar-refractivity contribution >= 4 is 0 Å². The standard InChI is InChI=1S/C14H21FN2O2/c15-13-3-1-12(2-4-13)9-16-10-14(18)11-17-5-7-19-8-6-17/h1-4,14,16,18H,5-11H2. The normalized spacial score (nSPS) is 18.4. The Morgan fingerprint density at radius 2 is 1.95 bits per heavy atom. The number of aliphatic hydroxyl groups excluding tert-OH is 1. The second kappa shape index (κ2) is 7.55. The van der Waals surface area contributed by atoms with Gasteiger partial charge in [0.2, 0.25) is 0 Å². The zero-order valence-electron chi connectivity index (χ0n) is 11.0. The Kier molecular flexibility index (Phi) is 5.72. The average Bonchev–Trinajstić information content (AvgIpc) is 2.42. The first-order valence-electron chi connectivity index (χ1n) is 6.67. The minimum absolute atomic E-state index is 0.226. The van der Waals surface area contributed by atoms with Crippen molar-refractivity contribution in [1.82, 2.24) is 10.2 Å². The van der Waals surface area contributed by atoms with Gasteiger partial charge >= 0.3 is 0 Å². The van der Waals surface area contributed by atoms with E-state index in [-0.39, 0.29) is 5.82 Å². The van der Waals surface area contributed by atoms with Gasteiger partial charge in [-0.3, -0.25) is 4.90 Å². The number of halogens is 1. The van der Waals surface area contributed by atoms with Crippen LogP contribution in [-0.4, -0.2) is 55.5 Å². The molecule has 1 heterocycles. The van der Waals surface area contributed by atoms with Gasteiger partial charge < -0.3 is 15.2 Å². The lowest BCUT2D eigenvalue weighted by atomic mass is 10.2. The smallest absolute Gasteiger partial charge is 0.123 e. The van der Waals surface area contributed by atoms with E-state index in [1.165, 1.54) is 12.1 Å². The molecule has 1 aliphatic rings. The number of benzene rings is 1. The molecule has 1 aromatic carbocycles. The highest BCUT2D eigenvalue weighted by molar-refractivity contribution is 5.15. The third-order valence-corrected chi connectivity index (χ3v) is 3.19. The van der Waals surface area contributed by atoms with Gasteiger partial charge in [0, 0.05) is 32.7 Å². The minimum atomic E-state index is -0.390. The molecule has 5 heteroatoms. The summed E-state index contributed by atoms with van der Waals surface area (Å²) >= 11 is 0. The largest absolute Gasteiger partial charge is 0.390 e. The molecule has 0 bridgehead atoms. The summed E-state index contributed by atoms with van der Waals surface area (Å²) in [7, 11) is 0. The summed E-state index contributed by atoms with van der Waals surface area (Å²) in [5, 5.41) is 13.1. The van der Waals surface area contributed by atoms with Crippen LogP contribution >= 0.6 is 0 Å². The summed E-state index contributed by atoms with van der Waals surface area (Å²) in [4.78, 5) is 2.20. The molecule has 106 valence electrons. The first-order valence-corrected chi connectivity index (χ1v) is 6.67. The molecule has 0 aromatic heterocycles. The second-order valence-electron chi connectivity index (χ2n) is 4.82. The van der Waals surface area contributed by atoms with Crippen molar-refractivity contribution in [3.05, 3.63) is 35.6 Å². The quantitative estimate of drug-likeness (QED) is 0.793. The highest BCUT2D eigenvalue weighted by Crippen LogP contribution is 2.02. The first-order chi connectivity index (χ1) is 9.24. The SMILES string of the molecule is OC(CNCc1ccc(F)cc1)CN1CCOCC1. The van der Waals surface area contributed by atoms with E-state index in [2.05, 4.69) is 10.2 Å². The van der Waals surface area contributed by atoms with Crippen LogP contribution in [0.5, 0.6) is 0 Å². The van der Waals surface area contributed by atoms with E-state index < -0.39 is 6.10 Å². The van der Waals surface area contributed by atoms with Gasteiger partial charge in [-0.1, -0.05) is 12.1 Å². The summed E-state index contributed by atoms with van der Waals surface area (Å²) < 4.78 is 18.0. The summed E-state index contributed by atoms with van der Waals surface area (Å²) in [5.74, 6) is -0.226. The Morgan fingerprint density at radius 1 is 1.26 bits per heavy atom. The topological polar surface area (TPSA) is 44.7 Å². The third-order valence-electron chi connectivity index (χ3n) is 3.19. The van der Waals surface area contributed by atoms with Gasteiger partial charge in [-0.15, -0.1) is 0 Å². The zero-order valence-corrected chi connectivity index (χ0v) is 11.0. The van der Waals surface area contributed by atoms with Crippen molar-refractivity contribution in [2.45, 2.75) is 12.6 Å². The second-order valence-corrected chi connectivity index (χ2v) is 4.82. The number of nitrogens with one attached hydrogen (secondary N) is 1. The molecule has 2 rings (SSSR count). The van der Waals surface area contributed by atoms with Gasteiger partial charge in [-0.05, 0) is 17.7 Å². The summed E-state index contributed by atoms with van der Waals surface area (Å²) in [6.45, 7) is 5.10. The predicted octanol–water partition coefficient (Wildman–Crippen LogP) is 0.608. The van der Waals surface area contributed by atoms with Gasteiger partial charge in [-0.2, -0.15) is 0 Å². The van der Waals surface area contributed by atoms with Crippen LogP contribution in [0.3, 0.4) is 0 Å². The van der Waals surface area contributed by atoms with Gasteiger partial charge in [0.25, 0.3) is 0 Å². The van der Waals surface area contributed by atoms with Crippen molar-refractivity contribution in [3.8, 4) is 0 Å². The van der Waals surface area contributed by atoms with Gasteiger partial charge in [0.05, 0.1) is 19.3 Å². The molecule has 1 fully saturated rings. The van der Waals surface area contributed by atoms with E-state index in [9.17, 15) is 9.50 Å². The van der Waals surface area contributed by atoms with Crippen molar-refractivity contribution < 1.29 is 14.2 Å². The van der Waals surface area contributed by atoms with Crippen LogP contribution in [0, 0.1) is 5.82 Å². The summed E-state index contributed by atoms with van der Waals surface area (Å²) in [6, 6.07) is 6.38. The summed E-state index contributed by atoms with van der Waals surface area (Å²) in [5.41, 5.74) is 1.01. The van der Waals surface area contributed by atoms with Crippen molar-refractivity contribution in [2.24, 2.45) is 0 Å². The van der Waals surface area contributed by atoms with E-state index in [0.29, 0.717) is 19.6 Å². The molecule has 1 saturated heterocycles. The summed E-state index contributed by atoms with van der Waals surface area (Å²) in [6.07, 6.45) is -0.390. The molecule has 4 nitrogen and oxygen atoms in total. The lowest BCUT2D eigenvalue weighted by Crippen LogP contribution is -2.43. The molecule has 1 aliphatic heterocycles. The van der Waals surface area contributed by atoms with Gasteiger partial charge in [-0.25, -0.2) is 4.39 Å². The molecule has 1 atom stereocenters. The maximum Gasteiger partial charge on any atom is 0.123 e. The molecule has 1 unspecified atom stereocenters. The number of hydrogen-bond acceptors (Lipinski definition) is 4. The Morgan fingerprint density at radius 3 is 2.63 bits per heavy atom. The number of morpholine rings is 1. The Hall–Kier alpha value is -1.01. The molecule has 2 N–H and O–H groups in total. The molecule has 0 spiro atoms. The third kappa shape index (κ3) is 5.24. The molecular formula is C14H21FN2O2. The number of hydrogen-bond donors (Lipinski definition) is 2. The average molecular weight is 268 g/mol. The molecule has 0 aliphatic carbocycles. The molecule has 0 amide bonds. The molecule has 0 saturated carbocycles. The van der Waals surface area contributed by atoms with Gasteiger partial charge in [0.1, 0.15) is 5.82 Å². The lowest BCUT2D eigenvalue weighted by Gasteiger charge is -2.28. The fraction of sp³-hybridized carbons (Fsp3) is 0.571. The Bertz CT molecular complexity index is 366. The van der Waals surface area contributed by atoms with Crippen LogP contribution in [0.1, 0.15) is 5.56 Å². The van der Waals surface area contributed by atoms with Gasteiger partial charge in [0.15, 0.2) is 0 Å². The van der Waals surface area contributed by atoms with E-state index in [1.54, 1.807) is 12.1 Å². The zero-order chi connectivity index (χ0) is 13.5. The molecular weight excluding hydrogens is 247 g/mol. The van der Waals surface area contributed by atoms with Crippen LogP contribution in [0.4, 0.5) is 4.39 Å². The van der Waals surface area contributed by atoms with Crippen LogP contribution in [0.2, 0.25) is 0 Å². The van der Waals surface area contributed by atoms with Crippen molar-refractivity contribution in [2.75, 3.05) is 39.4 Å². The van der Waals surface area contributed by atoms with E-state index in [0.717, 1.165) is 31.9 Å². The number of nitrogens with zero attached hydrogens (tertiary/aromatic N) is 1. The van der Waals surface area contributed by atoms with Crippen LogP contribution in [0.25, 0.3) is 0 Å². The van der Waals surface area contributed by atoms with E-state index in [4.69, 9.17) is 4.74 Å². The minimum Gasteiger partial charge on any atom is -0.390 e. The monoisotopic (exact) mass is 268 g/mol. The van der Waals surface area contributed by atoms with Crippen molar-refractivity contribution in [1.29, 1.82) is 0 Å². The van der Waals surface area contributed by atoms with Crippen molar-refractivity contribution in [3.63, 3.8) is 0 Å². The molecule has 19 heavy (non-hydrogen) atoms. The van der Waals surface area contributed by atoms with Crippen LogP contribution in [-0.2, 0) is 11.3 Å². The number of ether oxygens (including phenoxy) is 1. The predicted molar refractivity (Wildman–Crippen MR) is 71.4 cm³/mol. The highest BCUT2D eigenvalue weighted by atomic mass is 19.1. The fourth-order valence-corrected chi connectivity index (χ4v) is 2.13. The number of β-amino-alcohol motifs (C(OH)–C–C–N with tert-alkyl or cyclic N) is 1. The lowest BCUT2D eigenvalue weighted by molar-refractivity contribution is 0.0149. The maximum absolute atomic E-state index is 12.7. The first kappa shape index (κ1) is 14.4. The number of aliphatic hydroxyl groups is 1. The molecule has 1 aromatic rings. The highest BCUT2D eigenvalue weighted by Gasteiger charge is 2.14. The van der Waals surface area contributed by atoms with E-state index in [1.807, 2.05) is 0 Å². The van der Waals surface area contributed by atoms with Crippen LogP contribution < -0.4 is 5.32 Å². The van der Waals surface area contributed by atoms with E-state index >= 15 is 0 Å². The molecule has 0 radical (unpaired) electrons. The Balaban J connectivity index is 1.63. The number of rotatable bonds is 6. The van der Waals surface area contributed by atoms with Crippen LogP contribution in [0.15, 0.2) is 24.3 Å². The fourth-order valence-electron chi connectivity index (χ4n) is 2.13. The Labute approximate surface area is 113 Å².